The molecule has 1 aromatic rings. The Bertz CT molecular complexity index is 945. The van der Waals surface area contributed by atoms with Gasteiger partial charge in [0, 0.05) is 20.8 Å². The van der Waals surface area contributed by atoms with Crippen molar-refractivity contribution in [3.05, 3.63) is 29.8 Å². The predicted molar refractivity (Wildman–Crippen MR) is 124 cm³/mol. The predicted octanol–water partition coefficient (Wildman–Crippen LogP) is 1.21. The molecule has 0 saturated carbocycles. The first kappa shape index (κ1) is 27.1. The van der Waals surface area contributed by atoms with Crippen molar-refractivity contribution in [1.82, 2.24) is 0 Å². The lowest BCUT2D eigenvalue weighted by Crippen LogP contribution is -2.58. The number of hydrogen-bond acceptors (Lipinski definition) is 10. The molecule has 192 valence electrons. The summed E-state index contributed by atoms with van der Waals surface area (Å²) >= 11 is 0. The quantitative estimate of drug-likeness (QED) is 0.352. The number of carbonyl (C=O) groups is 3. The summed E-state index contributed by atoms with van der Waals surface area (Å²) in [5.74, 6) is -1.89. The lowest BCUT2D eigenvalue weighted by molar-refractivity contribution is -0.249. The average Bonchev–Trinajstić information content (AvgIpc) is 2.96. The minimum absolute atomic E-state index is 0.283. The van der Waals surface area contributed by atoms with Crippen LogP contribution in [0.3, 0.4) is 0 Å². The zero-order chi connectivity index (χ0) is 26.1. The Hall–Kier alpha value is -2.47. The molecule has 1 aromatic carbocycles. The largest absolute Gasteiger partial charge is 0.494 e. The van der Waals surface area contributed by atoms with Crippen LogP contribution in [0.1, 0.15) is 60.1 Å². The third-order valence-corrected chi connectivity index (χ3v) is 6.48. The molecule has 2 aliphatic rings. The first-order chi connectivity index (χ1) is 16.2. The van der Waals surface area contributed by atoms with E-state index in [9.17, 15) is 19.5 Å². The summed E-state index contributed by atoms with van der Waals surface area (Å²) in [6.45, 7) is 11.1. The van der Waals surface area contributed by atoms with Crippen molar-refractivity contribution in [3.63, 3.8) is 0 Å². The Morgan fingerprint density at radius 1 is 0.943 bits per heavy atom. The number of aliphatic hydroxyl groups is 1. The van der Waals surface area contributed by atoms with Crippen molar-refractivity contribution in [2.24, 2.45) is 0 Å². The molecule has 1 unspecified atom stereocenters. The number of benzene rings is 1. The fourth-order valence-electron chi connectivity index (χ4n) is 4.04. The highest BCUT2D eigenvalue weighted by Crippen LogP contribution is 2.38. The molecular formula is C24H33BO10. The fraction of sp³-hybridized carbons (Fsp3) is 0.625. The topological polar surface area (TPSA) is 127 Å². The maximum atomic E-state index is 11.9. The van der Waals surface area contributed by atoms with Gasteiger partial charge in [-0.15, -0.1) is 0 Å². The van der Waals surface area contributed by atoms with Crippen molar-refractivity contribution < 1.29 is 47.7 Å². The summed E-state index contributed by atoms with van der Waals surface area (Å²) in [4.78, 5) is 35.1. The lowest BCUT2D eigenvalue weighted by atomic mass is 9.77. The lowest BCUT2D eigenvalue weighted by Gasteiger charge is -2.43. The Kier molecular flexibility index (Phi) is 7.95. The van der Waals surface area contributed by atoms with Gasteiger partial charge in [0.25, 0.3) is 0 Å². The standard InChI is InChI=1S/C24H33BO10/c1-13(26)30-12-18-19(29)21(31-14(2)27)22(32-15(3)28)20(33-18)16-9-8-10-17(11-16)25-34-23(4,5)24(6,7)35-25/h8-11,18-22,29H,12H2,1-7H3/t18?,19-,20-,21+,22-/m1/s1. The number of esters is 3. The van der Waals surface area contributed by atoms with Gasteiger partial charge in [0.05, 0.1) is 11.2 Å². The number of carbonyl (C=O) groups excluding carboxylic acids is 3. The van der Waals surface area contributed by atoms with Gasteiger partial charge in [-0.2, -0.15) is 0 Å². The highest BCUT2D eigenvalue weighted by Gasteiger charge is 2.53. The van der Waals surface area contributed by atoms with Crippen LogP contribution in [-0.2, 0) is 42.6 Å². The van der Waals surface area contributed by atoms with Gasteiger partial charge in [-0.25, -0.2) is 0 Å². The molecule has 2 fully saturated rings. The normalized spacial score (nSPS) is 29.4. The van der Waals surface area contributed by atoms with Gasteiger partial charge in [0.15, 0.2) is 12.2 Å². The van der Waals surface area contributed by atoms with E-state index in [1.54, 1.807) is 18.2 Å². The molecule has 0 amide bonds. The van der Waals surface area contributed by atoms with Crippen molar-refractivity contribution in [2.75, 3.05) is 6.61 Å². The SMILES string of the molecule is CC(=O)OCC1O[C@H](c2cccc(B3OC(C)(C)C(C)(C)O3)c2)[C@@H](OC(C)=O)[C@@H](OC(C)=O)[C@@H]1O. The van der Waals surface area contributed by atoms with Gasteiger partial charge >= 0.3 is 25.0 Å². The van der Waals surface area contributed by atoms with E-state index in [-0.39, 0.29) is 6.61 Å². The number of ether oxygens (including phenoxy) is 4. The molecule has 3 rings (SSSR count). The summed E-state index contributed by atoms with van der Waals surface area (Å²) in [5, 5.41) is 10.9. The van der Waals surface area contributed by atoms with E-state index < -0.39 is 66.7 Å². The van der Waals surface area contributed by atoms with Crippen molar-refractivity contribution >= 4 is 30.5 Å². The molecule has 0 spiro atoms. The minimum atomic E-state index is -1.41. The summed E-state index contributed by atoms with van der Waals surface area (Å²) in [5.41, 5.74) is 0.183. The van der Waals surface area contributed by atoms with E-state index in [0.29, 0.717) is 11.0 Å². The Morgan fingerprint density at radius 3 is 2.06 bits per heavy atom. The van der Waals surface area contributed by atoms with Crippen LogP contribution in [-0.4, -0.2) is 72.4 Å². The van der Waals surface area contributed by atoms with Crippen molar-refractivity contribution in [2.45, 2.75) is 90.2 Å². The van der Waals surface area contributed by atoms with Crippen LogP contribution in [0.5, 0.6) is 0 Å². The second-order valence-electron chi connectivity index (χ2n) is 9.79. The van der Waals surface area contributed by atoms with E-state index in [1.165, 1.54) is 20.8 Å². The highest BCUT2D eigenvalue weighted by atomic mass is 16.7. The second-order valence-corrected chi connectivity index (χ2v) is 9.79. The summed E-state index contributed by atoms with van der Waals surface area (Å²) in [6, 6.07) is 7.15. The van der Waals surface area contributed by atoms with Gasteiger partial charge < -0.3 is 33.4 Å². The summed E-state index contributed by atoms with van der Waals surface area (Å²) in [6.07, 6.45) is -5.81. The molecule has 5 atom stereocenters. The monoisotopic (exact) mass is 492 g/mol. The molecule has 0 aromatic heterocycles. The maximum Gasteiger partial charge on any atom is 0.494 e. The fourth-order valence-corrected chi connectivity index (χ4v) is 4.04. The zero-order valence-corrected chi connectivity index (χ0v) is 21.1. The Balaban J connectivity index is 1.98. The van der Waals surface area contributed by atoms with Crippen LogP contribution in [0.25, 0.3) is 0 Å². The maximum absolute atomic E-state index is 11.9. The summed E-state index contributed by atoms with van der Waals surface area (Å²) < 4.78 is 34.2. The van der Waals surface area contributed by atoms with E-state index in [1.807, 2.05) is 33.8 Å². The first-order valence-corrected chi connectivity index (χ1v) is 11.5. The van der Waals surface area contributed by atoms with Gasteiger partial charge in [0.1, 0.15) is 24.9 Å². The molecule has 0 aliphatic carbocycles. The zero-order valence-electron chi connectivity index (χ0n) is 21.1. The van der Waals surface area contributed by atoms with Crippen LogP contribution < -0.4 is 5.46 Å². The van der Waals surface area contributed by atoms with Crippen LogP contribution in [0.15, 0.2) is 24.3 Å². The van der Waals surface area contributed by atoms with Gasteiger partial charge in [0.2, 0.25) is 0 Å². The van der Waals surface area contributed by atoms with E-state index in [2.05, 4.69) is 0 Å². The van der Waals surface area contributed by atoms with Gasteiger partial charge in [-0.05, 0) is 38.7 Å². The molecule has 1 N–H and O–H groups in total. The van der Waals surface area contributed by atoms with Crippen LogP contribution in [0, 0.1) is 0 Å². The molecule has 2 aliphatic heterocycles. The number of aliphatic hydroxyl groups excluding tert-OH is 1. The van der Waals surface area contributed by atoms with Gasteiger partial charge in [-0.3, -0.25) is 14.4 Å². The average molecular weight is 492 g/mol. The Labute approximate surface area is 205 Å². The molecule has 2 saturated heterocycles. The molecule has 2 heterocycles. The number of hydrogen-bond donors (Lipinski definition) is 1. The molecule has 0 radical (unpaired) electrons. The van der Waals surface area contributed by atoms with E-state index in [4.69, 9.17) is 28.3 Å². The minimum Gasteiger partial charge on any atom is -0.463 e. The molecular weight excluding hydrogens is 459 g/mol. The van der Waals surface area contributed by atoms with Crippen LogP contribution in [0.4, 0.5) is 0 Å². The van der Waals surface area contributed by atoms with E-state index in [0.717, 1.165) is 0 Å². The molecule has 35 heavy (non-hydrogen) atoms. The van der Waals surface area contributed by atoms with E-state index >= 15 is 0 Å². The third kappa shape index (κ3) is 6.03. The molecule has 0 bridgehead atoms. The Morgan fingerprint density at radius 2 is 1.51 bits per heavy atom. The van der Waals surface area contributed by atoms with Crippen molar-refractivity contribution in [3.8, 4) is 0 Å². The number of rotatable bonds is 6. The van der Waals surface area contributed by atoms with Crippen molar-refractivity contribution in [1.29, 1.82) is 0 Å². The smallest absolute Gasteiger partial charge is 0.463 e. The molecule has 11 heteroatoms. The summed E-state index contributed by atoms with van der Waals surface area (Å²) in [7, 11) is -0.651. The van der Waals surface area contributed by atoms with Gasteiger partial charge in [-0.1, -0.05) is 24.3 Å². The molecule has 10 nitrogen and oxygen atoms in total. The van der Waals surface area contributed by atoms with Crippen LogP contribution >= 0.6 is 0 Å². The highest BCUT2D eigenvalue weighted by molar-refractivity contribution is 6.62. The van der Waals surface area contributed by atoms with Crippen LogP contribution in [0.2, 0.25) is 0 Å². The second kappa shape index (κ2) is 10.3. The first-order valence-electron chi connectivity index (χ1n) is 11.5. The third-order valence-electron chi connectivity index (χ3n) is 6.48.